The Morgan fingerprint density at radius 3 is 1.96 bits per heavy atom. The summed E-state index contributed by atoms with van der Waals surface area (Å²) >= 11 is 0. The van der Waals surface area contributed by atoms with Crippen LogP contribution < -0.4 is 5.32 Å². The second-order valence-corrected chi connectivity index (χ2v) is 5.25. The molecule has 0 radical (unpaired) electrons. The van der Waals surface area contributed by atoms with Crippen LogP contribution in [0.3, 0.4) is 0 Å². The molecule has 0 atom stereocenters. The molecule has 0 bridgehead atoms. The van der Waals surface area contributed by atoms with Gasteiger partial charge in [-0.2, -0.15) is 31.6 Å². The van der Waals surface area contributed by atoms with E-state index < -0.39 is 46.2 Å². The van der Waals surface area contributed by atoms with Crippen molar-refractivity contribution in [1.82, 2.24) is 0 Å². The molecule has 0 saturated carbocycles. The lowest BCUT2D eigenvalue weighted by Crippen LogP contribution is -2.18. The van der Waals surface area contributed by atoms with E-state index in [1.54, 1.807) is 0 Å². The van der Waals surface area contributed by atoms with Gasteiger partial charge in [-0.15, -0.1) is 0 Å². The molecule has 140 valence electrons. The van der Waals surface area contributed by atoms with Gasteiger partial charge in [-0.3, -0.25) is 4.79 Å². The van der Waals surface area contributed by atoms with E-state index >= 15 is 0 Å². The minimum absolute atomic E-state index is 0.458. The Balaban J connectivity index is 2.40. The highest BCUT2D eigenvalue weighted by atomic mass is 19.4. The lowest BCUT2D eigenvalue weighted by Gasteiger charge is -2.13. The van der Waals surface area contributed by atoms with Gasteiger partial charge in [0.05, 0.1) is 16.8 Å². The molecule has 2 aromatic rings. The average Bonchev–Trinajstić information content (AvgIpc) is 2.58. The lowest BCUT2D eigenvalue weighted by molar-refractivity contribution is -0.138. The molecule has 0 aliphatic heterocycles. The van der Waals surface area contributed by atoms with Crippen molar-refractivity contribution in [2.24, 2.45) is 0 Å². The summed E-state index contributed by atoms with van der Waals surface area (Å²) in [6.07, 6.45) is -8.81. The Bertz CT molecular complexity index is 922. The van der Waals surface area contributed by atoms with Crippen LogP contribution in [0.5, 0.6) is 0 Å². The summed E-state index contributed by atoms with van der Waals surface area (Å²) in [4.78, 5) is 12.1. The topological polar surface area (TPSA) is 52.9 Å². The monoisotopic (exact) mass is 384 g/mol. The molecule has 27 heavy (non-hydrogen) atoms. The first-order valence-corrected chi connectivity index (χ1v) is 7.29. The van der Waals surface area contributed by atoms with Crippen molar-refractivity contribution in [2.75, 3.05) is 5.32 Å². The van der Waals surface area contributed by atoms with Crippen molar-refractivity contribution in [3.05, 3.63) is 70.8 Å². The number of hydrogen-bond donors (Lipinski definition) is 1. The van der Waals surface area contributed by atoms with Crippen molar-refractivity contribution in [1.29, 1.82) is 5.26 Å². The number of benzene rings is 2. The zero-order valence-corrected chi connectivity index (χ0v) is 13.3. The summed E-state index contributed by atoms with van der Waals surface area (Å²) in [5.74, 6) is -1.26. The van der Waals surface area contributed by atoms with E-state index in [0.29, 0.717) is 6.08 Å². The van der Waals surface area contributed by atoms with Gasteiger partial charge in [0.1, 0.15) is 11.6 Å². The molecule has 0 aromatic heterocycles. The third kappa shape index (κ3) is 4.88. The Hall–Kier alpha value is -3.28. The zero-order valence-electron chi connectivity index (χ0n) is 13.3. The molecular weight excluding hydrogens is 374 g/mol. The molecule has 0 spiro atoms. The van der Waals surface area contributed by atoms with Crippen LogP contribution in [0.4, 0.5) is 32.0 Å². The number of nitrogens with zero attached hydrogens (tertiary/aromatic N) is 1. The first-order chi connectivity index (χ1) is 12.5. The van der Waals surface area contributed by atoms with Gasteiger partial charge >= 0.3 is 12.4 Å². The van der Waals surface area contributed by atoms with Crippen molar-refractivity contribution < 1.29 is 31.1 Å². The Morgan fingerprint density at radius 2 is 1.41 bits per heavy atom. The molecule has 0 saturated heterocycles. The zero-order chi connectivity index (χ0) is 20.2. The minimum atomic E-state index is -4.76. The first-order valence-electron chi connectivity index (χ1n) is 7.29. The molecule has 0 aliphatic carbocycles. The Kier molecular flexibility index (Phi) is 5.59. The summed E-state index contributed by atoms with van der Waals surface area (Å²) in [5.41, 5.74) is -4.07. The number of nitriles is 1. The van der Waals surface area contributed by atoms with E-state index in [1.807, 2.05) is 5.32 Å². The maximum atomic E-state index is 13.0. The summed E-state index contributed by atoms with van der Waals surface area (Å²) in [5, 5.41) is 11.0. The number of carbonyl (C=O) groups is 1. The summed E-state index contributed by atoms with van der Waals surface area (Å²) in [6.45, 7) is 0. The van der Waals surface area contributed by atoms with Crippen LogP contribution in [-0.4, -0.2) is 5.91 Å². The van der Waals surface area contributed by atoms with Gasteiger partial charge in [-0.1, -0.05) is 30.3 Å². The molecular formula is C18H10F6N2O. The molecule has 3 nitrogen and oxygen atoms in total. The predicted molar refractivity (Wildman–Crippen MR) is 85.1 cm³/mol. The average molecular weight is 384 g/mol. The van der Waals surface area contributed by atoms with Crippen molar-refractivity contribution in [3.63, 3.8) is 0 Å². The molecule has 0 fully saturated rings. The van der Waals surface area contributed by atoms with Gasteiger partial charge in [-0.25, -0.2) is 0 Å². The van der Waals surface area contributed by atoms with E-state index in [1.165, 1.54) is 18.2 Å². The molecule has 2 aromatic carbocycles. The van der Waals surface area contributed by atoms with Crippen molar-refractivity contribution >= 4 is 17.7 Å². The number of rotatable bonds is 3. The Labute approximate surface area is 149 Å². The third-order valence-corrected chi connectivity index (χ3v) is 3.41. The Morgan fingerprint density at radius 1 is 0.889 bits per heavy atom. The molecule has 1 amide bonds. The fourth-order valence-electron chi connectivity index (χ4n) is 2.21. The van der Waals surface area contributed by atoms with Crippen LogP contribution >= 0.6 is 0 Å². The quantitative estimate of drug-likeness (QED) is 0.445. The van der Waals surface area contributed by atoms with Gasteiger partial charge in [0, 0.05) is 0 Å². The van der Waals surface area contributed by atoms with Crippen molar-refractivity contribution in [2.45, 2.75) is 12.4 Å². The van der Waals surface area contributed by atoms with Crippen LogP contribution in [0.2, 0.25) is 0 Å². The number of alkyl halides is 6. The molecule has 0 unspecified atom stereocenters. The van der Waals surface area contributed by atoms with E-state index in [0.717, 1.165) is 36.4 Å². The first kappa shape index (κ1) is 20.0. The molecule has 2 rings (SSSR count). The molecule has 1 N–H and O–H groups in total. The van der Waals surface area contributed by atoms with Crippen LogP contribution in [0.1, 0.15) is 16.7 Å². The number of halogens is 6. The highest BCUT2D eigenvalue weighted by Gasteiger charge is 2.34. The minimum Gasteiger partial charge on any atom is -0.321 e. The standard InChI is InChI=1S/C18H10F6N2O/c19-17(20,21)13-6-2-1-5-11(13)9-12(10-25)16(27)26-15-8-4-3-7-14(15)18(22,23)24/h1-9H,(H,26,27). The summed E-state index contributed by atoms with van der Waals surface area (Å²) in [7, 11) is 0. The maximum absolute atomic E-state index is 13.0. The smallest absolute Gasteiger partial charge is 0.321 e. The van der Waals surface area contributed by atoms with E-state index in [9.17, 15) is 31.1 Å². The van der Waals surface area contributed by atoms with Crippen LogP contribution in [0.15, 0.2) is 54.1 Å². The summed E-state index contributed by atoms with van der Waals surface area (Å²) in [6, 6.07) is 9.65. The molecule has 0 aliphatic rings. The number of hydrogen-bond acceptors (Lipinski definition) is 2. The number of para-hydroxylation sites is 1. The van der Waals surface area contributed by atoms with E-state index in [2.05, 4.69) is 0 Å². The summed E-state index contributed by atoms with van der Waals surface area (Å²) < 4.78 is 77.9. The van der Waals surface area contributed by atoms with Gasteiger partial charge in [0.15, 0.2) is 0 Å². The fraction of sp³-hybridized carbons (Fsp3) is 0.111. The maximum Gasteiger partial charge on any atom is 0.418 e. The molecule has 0 heterocycles. The van der Waals surface area contributed by atoms with Gasteiger partial charge in [-0.05, 0) is 29.8 Å². The van der Waals surface area contributed by atoms with E-state index in [-0.39, 0.29) is 0 Å². The predicted octanol–water partition coefficient (Wildman–Crippen LogP) is 5.27. The number of carbonyl (C=O) groups excluding carboxylic acids is 1. The fourth-order valence-corrected chi connectivity index (χ4v) is 2.21. The van der Waals surface area contributed by atoms with Crippen molar-refractivity contribution in [3.8, 4) is 6.07 Å². The number of nitrogens with one attached hydrogen (secondary N) is 1. The van der Waals surface area contributed by atoms with E-state index in [4.69, 9.17) is 5.26 Å². The van der Waals surface area contributed by atoms with Crippen LogP contribution in [0.25, 0.3) is 6.08 Å². The second-order valence-electron chi connectivity index (χ2n) is 5.25. The number of amides is 1. The normalized spacial score (nSPS) is 12.4. The van der Waals surface area contributed by atoms with Crippen LogP contribution in [-0.2, 0) is 17.1 Å². The second kappa shape index (κ2) is 7.53. The van der Waals surface area contributed by atoms with Gasteiger partial charge in [0.25, 0.3) is 5.91 Å². The SMILES string of the molecule is N#CC(=Cc1ccccc1C(F)(F)F)C(=O)Nc1ccccc1C(F)(F)F. The highest BCUT2D eigenvalue weighted by Crippen LogP contribution is 2.35. The lowest BCUT2D eigenvalue weighted by atomic mass is 10.0. The van der Waals surface area contributed by atoms with Gasteiger partial charge < -0.3 is 5.32 Å². The largest absolute Gasteiger partial charge is 0.418 e. The number of anilines is 1. The molecule has 9 heteroatoms. The van der Waals surface area contributed by atoms with Gasteiger partial charge in [0.2, 0.25) is 0 Å². The van der Waals surface area contributed by atoms with Crippen LogP contribution in [0, 0.1) is 11.3 Å². The third-order valence-electron chi connectivity index (χ3n) is 3.41. The highest BCUT2D eigenvalue weighted by molar-refractivity contribution is 6.10.